The second kappa shape index (κ2) is 5.38. The van der Waals surface area contributed by atoms with Gasteiger partial charge in [-0.1, -0.05) is 19.9 Å². The summed E-state index contributed by atoms with van der Waals surface area (Å²) in [6.45, 7) is 6.16. The summed E-state index contributed by atoms with van der Waals surface area (Å²) in [4.78, 5) is 18.5. The average molecular weight is 247 g/mol. The molecule has 1 amide bonds. The first-order chi connectivity index (χ1) is 8.61. The maximum Gasteiger partial charge on any atom is 0.272 e. The lowest BCUT2D eigenvalue weighted by Gasteiger charge is -2.18. The van der Waals surface area contributed by atoms with E-state index in [1.54, 1.807) is 13.1 Å². The van der Waals surface area contributed by atoms with Gasteiger partial charge in [-0.05, 0) is 30.4 Å². The second-order valence-corrected chi connectivity index (χ2v) is 5.20. The molecule has 1 fully saturated rings. The van der Waals surface area contributed by atoms with Gasteiger partial charge in [0.1, 0.15) is 11.5 Å². The Morgan fingerprint density at radius 3 is 2.89 bits per heavy atom. The van der Waals surface area contributed by atoms with Crippen molar-refractivity contribution >= 4 is 11.7 Å². The molecule has 1 atom stereocenters. The topological polar surface area (TPSA) is 45.2 Å². The minimum atomic E-state index is 0.0512. The molecular formula is C14H21N3O. The molecule has 4 heteroatoms. The minimum absolute atomic E-state index is 0.0512. The standard InChI is InChI=1S/C14H21N3O/c1-10(2)11-7-8-17(9-11)14(18)12-5-4-6-13(15-3)16-12/h4-6,10-11H,7-9H2,1-3H3,(H,15,16). The van der Waals surface area contributed by atoms with Gasteiger partial charge in [0.15, 0.2) is 0 Å². The van der Waals surface area contributed by atoms with Crippen molar-refractivity contribution in [3.63, 3.8) is 0 Å². The van der Waals surface area contributed by atoms with Crippen LogP contribution in [-0.2, 0) is 0 Å². The van der Waals surface area contributed by atoms with E-state index in [0.717, 1.165) is 25.3 Å². The minimum Gasteiger partial charge on any atom is -0.373 e. The molecule has 1 aliphatic rings. The lowest BCUT2D eigenvalue weighted by molar-refractivity contribution is 0.0778. The van der Waals surface area contributed by atoms with Crippen LogP contribution in [0.1, 0.15) is 30.8 Å². The molecule has 0 spiro atoms. The van der Waals surface area contributed by atoms with Crippen molar-refractivity contribution in [3.8, 4) is 0 Å². The van der Waals surface area contributed by atoms with E-state index in [1.165, 1.54) is 0 Å². The van der Waals surface area contributed by atoms with Crippen LogP contribution in [0, 0.1) is 11.8 Å². The molecule has 1 N–H and O–H groups in total. The van der Waals surface area contributed by atoms with Gasteiger partial charge in [-0.3, -0.25) is 4.79 Å². The Labute approximate surface area is 108 Å². The Bertz CT molecular complexity index is 431. The molecule has 1 saturated heterocycles. The molecule has 98 valence electrons. The normalized spacial score (nSPS) is 19.3. The number of hydrogen-bond acceptors (Lipinski definition) is 3. The molecule has 0 radical (unpaired) electrons. The number of hydrogen-bond donors (Lipinski definition) is 1. The zero-order valence-electron chi connectivity index (χ0n) is 11.3. The first-order valence-electron chi connectivity index (χ1n) is 6.56. The maximum atomic E-state index is 12.3. The van der Waals surface area contributed by atoms with Crippen molar-refractivity contribution in [2.45, 2.75) is 20.3 Å². The smallest absolute Gasteiger partial charge is 0.272 e. The third-order valence-electron chi connectivity index (χ3n) is 3.68. The number of nitrogens with one attached hydrogen (secondary N) is 1. The van der Waals surface area contributed by atoms with Crippen LogP contribution < -0.4 is 5.32 Å². The summed E-state index contributed by atoms with van der Waals surface area (Å²) in [6.07, 6.45) is 1.11. The Balaban J connectivity index is 2.08. The van der Waals surface area contributed by atoms with E-state index in [-0.39, 0.29) is 5.91 Å². The number of carbonyl (C=O) groups excluding carboxylic acids is 1. The molecule has 2 heterocycles. The van der Waals surface area contributed by atoms with Gasteiger partial charge in [-0.25, -0.2) is 4.98 Å². The highest BCUT2D eigenvalue weighted by Gasteiger charge is 2.29. The first kappa shape index (κ1) is 12.9. The van der Waals surface area contributed by atoms with Gasteiger partial charge in [0.25, 0.3) is 5.91 Å². The number of pyridine rings is 1. The zero-order chi connectivity index (χ0) is 13.1. The van der Waals surface area contributed by atoms with Crippen LogP contribution in [0.25, 0.3) is 0 Å². The SMILES string of the molecule is CNc1cccc(C(=O)N2CCC(C(C)C)C2)n1. The predicted octanol–water partition coefficient (Wildman–Crippen LogP) is 2.24. The molecule has 1 aromatic heterocycles. The highest BCUT2D eigenvalue weighted by molar-refractivity contribution is 5.92. The fourth-order valence-corrected chi connectivity index (χ4v) is 2.37. The third-order valence-corrected chi connectivity index (χ3v) is 3.68. The summed E-state index contributed by atoms with van der Waals surface area (Å²) in [5.74, 6) is 2.05. The Kier molecular flexibility index (Phi) is 3.84. The van der Waals surface area contributed by atoms with Crippen molar-refractivity contribution in [2.75, 3.05) is 25.5 Å². The van der Waals surface area contributed by atoms with E-state index in [9.17, 15) is 4.79 Å². The fourth-order valence-electron chi connectivity index (χ4n) is 2.37. The Morgan fingerprint density at radius 1 is 1.50 bits per heavy atom. The van der Waals surface area contributed by atoms with E-state index in [2.05, 4.69) is 24.1 Å². The highest BCUT2D eigenvalue weighted by Crippen LogP contribution is 2.24. The number of carbonyl (C=O) groups is 1. The molecule has 2 rings (SSSR count). The summed E-state index contributed by atoms with van der Waals surface area (Å²) in [7, 11) is 1.81. The highest BCUT2D eigenvalue weighted by atomic mass is 16.2. The van der Waals surface area contributed by atoms with Gasteiger partial charge in [0.2, 0.25) is 0 Å². The van der Waals surface area contributed by atoms with Crippen LogP contribution in [-0.4, -0.2) is 35.9 Å². The van der Waals surface area contributed by atoms with Crippen molar-refractivity contribution in [1.29, 1.82) is 0 Å². The molecule has 1 aliphatic heterocycles. The summed E-state index contributed by atoms with van der Waals surface area (Å²) in [6, 6.07) is 5.51. The van der Waals surface area contributed by atoms with Crippen LogP contribution in [0.2, 0.25) is 0 Å². The lowest BCUT2D eigenvalue weighted by atomic mass is 9.95. The lowest BCUT2D eigenvalue weighted by Crippen LogP contribution is -2.30. The third kappa shape index (κ3) is 2.63. The number of aromatic nitrogens is 1. The van der Waals surface area contributed by atoms with Gasteiger partial charge >= 0.3 is 0 Å². The van der Waals surface area contributed by atoms with E-state index in [0.29, 0.717) is 17.5 Å². The molecule has 0 aromatic carbocycles. The molecule has 0 saturated carbocycles. The number of nitrogens with zero attached hydrogens (tertiary/aromatic N) is 2. The van der Waals surface area contributed by atoms with E-state index in [4.69, 9.17) is 0 Å². The zero-order valence-corrected chi connectivity index (χ0v) is 11.3. The Hall–Kier alpha value is -1.58. The summed E-state index contributed by atoms with van der Waals surface area (Å²) < 4.78 is 0. The molecule has 4 nitrogen and oxygen atoms in total. The van der Waals surface area contributed by atoms with Crippen molar-refractivity contribution in [3.05, 3.63) is 23.9 Å². The van der Waals surface area contributed by atoms with Gasteiger partial charge in [-0.15, -0.1) is 0 Å². The van der Waals surface area contributed by atoms with Crippen molar-refractivity contribution in [1.82, 2.24) is 9.88 Å². The maximum absolute atomic E-state index is 12.3. The molecule has 1 unspecified atom stereocenters. The number of rotatable bonds is 3. The quantitative estimate of drug-likeness (QED) is 0.891. The van der Waals surface area contributed by atoms with Crippen molar-refractivity contribution < 1.29 is 4.79 Å². The van der Waals surface area contributed by atoms with Crippen LogP contribution in [0.4, 0.5) is 5.82 Å². The molecule has 18 heavy (non-hydrogen) atoms. The van der Waals surface area contributed by atoms with E-state index < -0.39 is 0 Å². The van der Waals surface area contributed by atoms with Crippen LogP contribution in [0.5, 0.6) is 0 Å². The van der Waals surface area contributed by atoms with Gasteiger partial charge in [0, 0.05) is 20.1 Å². The largest absolute Gasteiger partial charge is 0.373 e. The Morgan fingerprint density at radius 2 is 2.28 bits per heavy atom. The van der Waals surface area contributed by atoms with Crippen LogP contribution in [0.3, 0.4) is 0 Å². The van der Waals surface area contributed by atoms with E-state index >= 15 is 0 Å². The number of amides is 1. The average Bonchev–Trinajstić information content (AvgIpc) is 2.87. The van der Waals surface area contributed by atoms with Crippen LogP contribution >= 0.6 is 0 Å². The number of likely N-dealkylation sites (tertiary alicyclic amines) is 1. The van der Waals surface area contributed by atoms with E-state index in [1.807, 2.05) is 17.0 Å². The fraction of sp³-hybridized carbons (Fsp3) is 0.571. The molecule has 1 aromatic rings. The van der Waals surface area contributed by atoms with Gasteiger partial charge < -0.3 is 10.2 Å². The first-order valence-corrected chi connectivity index (χ1v) is 6.56. The summed E-state index contributed by atoms with van der Waals surface area (Å²) >= 11 is 0. The van der Waals surface area contributed by atoms with Crippen molar-refractivity contribution in [2.24, 2.45) is 11.8 Å². The molecular weight excluding hydrogens is 226 g/mol. The summed E-state index contributed by atoms with van der Waals surface area (Å²) in [5.41, 5.74) is 0.534. The van der Waals surface area contributed by atoms with Gasteiger partial charge in [0.05, 0.1) is 0 Å². The second-order valence-electron chi connectivity index (χ2n) is 5.20. The molecule has 0 aliphatic carbocycles. The monoisotopic (exact) mass is 247 g/mol. The summed E-state index contributed by atoms with van der Waals surface area (Å²) in [5, 5.41) is 2.96. The van der Waals surface area contributed by atoms with Gasteiger partial charge in [-0.2, -0.15) is 0 Å². The molecule has 0 bridgehead atoms. The predicted molar refractivity (Wildman–Crippen MR) is 72.6 cm³/mol. The van der Waals surface area contributed by atoms with Crippen LogP contribution in [0.15, 0.2) is 18.2 Å². The number of anilines is 1.